The van der Waals surface area contributed by atoms with Crippen LogP contribution in [0.15, 0.2) is 12.2 Å². The molecule has 1 aliphatic carbocycles. The van der Waals surface area contributed by atoms with Crippen molar-refractivity contribution in [2.24, 2.45) is 5.41 Å². The molecule has 0 aromatic rings. The highest BCUT2D eigenvalue weighted by molar-refractivity contribution is 5.88. The van der Waals surface area contributed by atoms with Crippen molar-refractivity contribution in [1.82, 2.24) is 0 Å². The first-order chi connectivity index (χ1) is 7.60. The maximum absolute atomic E-state index is 11.7. The lowest BCUT2D eigenvalue weighted by atomic mass is 9.71. The molecule has 1 fully saturated rings. The summed E-state index contributed by atoms with van der Waals surface area (Å²) in [5, 5.41) is 0. The van der Waals surface area contributed by atoms with E-state index in [0.717, 1.165) is 25.7 Å². The molecule has 0 radical (unpaired) electrons. The fourth-order valence-corrected chi connectivity index (χ4v) is 2.24. The third-order valence-electron chi connectivity index (χ3n) is 3.27. The summed E-state index contributed by atoms with van der Waals surface area (Å²) >= 11 is 0. The standard InChI is InChI=1S/C13H20O3/c1-3-16-12(15)7-10-13(11(2)14)8-5-4-6-9-13/h7,10H,3-6,8-9H2,1-2H3/b10-7+. The van der Waals surface area contributed by atoms with Gasteiger partial charge in [-0.2, -0.15) is 0 Å². The molecule has 1 aliphatic rings. The van der Waals surface area contributed by atoms with Gasteiger partial charge in [0.05, 0.1) is 6.61 Å². The molecule has 0 heterocycles. The fourth-order valence-electron chi connectivity index (χ4n) is 2.24. The number of ketones is 1. The molecular formula is C13H20O3. The minimum atomic E-state index is -0.412. The summed E-state index contributed by atoms with van der Waals surface area (Å²) in [5.41, 5.74) is -0.412. The molecule has 0 bridgehead atoms. The van der Waals surface area contributed by atoms with E-state index in [-0.39, 0.29) is 11.8 Å². The molecule has 0 atom stereocenters. The first-order valence-electron chi connectivity index (χ1n) is 5.98. The van der Waals surface area contributed by atoms with E-state index in [1.807, 2.05) is 0 Å². The Balaban J connectivity index is 2.71. The van der Waals surface area contributed by atoms with E-state index in [2.05, 4.69) is 0 Å². The van der Waals surface area contributed by atoms with Crippen LogP contribution < -0.4 is 0 Å². The second-order valence-electron chi connectivity index (χ2n) is 4.36. The highest BCUT2D eigenvalue weighted by atomic mass is 16.5. The molecule has 0 amide bonds. The van der Waals surface area contributed by atoms with E-state index >= 15 is 0 Å². The van der Waals surface area contributed by atoms with Crippen molar-refractivity contribution < 1.29 is 14.3 Å². The average molecular weight is 224 g/mol. The molecule has 0 saturated heterocycles. The van der Waals surface area contributed by atoms with Gasteiger partial charge in [0.2, 0.25) is 0 Å². The lowest BCUT2D eigenvalue weighted by molar-refractivity contribution is -0.137. The second-order valence-corrected chi connectivity index (χ2v) is 4.36. The first kappa shape index (κ1) is 12.9. The van der Waals surface area contributed by atoms with E-state index in [9.17, 15) is 9.59 Å². The van der Waals surface area contributed by atoms with Gasteiger partial charge in [-0.25, -0.2) is 4.79 Å². The predicted molar refractivity (Wildman–Crippen MR) is 62.0 cm³/mol. The normalized spacial score (nSPS) is 19.6. The minimum absolute atomic E-state index is 0.160. The Morgan fingerprint density at radius 3 is 2.38 bits per heavy atom. The van der Waals surface area contributed by atoms with Crippen LogP contribution in [0.25, 0.3) is 0 Å². The number of hydrogen-bond acceptors (Lipinski definition) is 3. The molecule has 90 valence electrons. The minimum Gasteiger partial charge on any atom is -0.463 e. The van der Waals surface area contributed by atoms with E-state index in [0.29, 0.717) is 6.61 Å². The van der Waals surface area contributed by atoms with Gasteiger partial charge in [-0.05, 0) is 26.7 Å². The van der Waals surface area contributed by atoms with Crippen LogP contribution in [-0.2, 0) is 14.3 Å². The summed E-state index contributed by atoms with van der Waals surface area (Å²) in [6.45, 7) is 3.75. The zero-order valence-corrected chi connectivity index (χ0v) is 10.1. The number of hydrogen-bond donors (Lipinski definition) is 0. The second kappa shape index (κ2) is 5.83. The Bertz CT molecular complexity index is 286. The molecule has 1 rings (SSSR count). The average Bonchev–Trinajstić information content (AvgIpc) is 2.28. The van der Waals surface area contributed by atoms with Crippen LogP contribution in [0.2, 0.25) is 0 Å². The third kappa shape index (κ3) is 3.19. The highest BCUT2D eigenvalue weighted by Gasteiger charge is 2.34. The van der Waals surface area contributed by atoms with Crippen LogP contribution in [0.5, 0.6) is 0 Å². The molecular weight excluding hydrogens is 204 g/mol. The smallest absolute Gasteiger partial charge is 0.330 e. The summed E-state index contributed by atoms with van der Waals surface area (Å²) in [7, 11) is 0. The number of carbonyl (C=O) groups is 2. The van der Waals surface area contributed by atoms with E-state index in [1.165, 1.54) is 12.5 Å². The molecule has 0 aromatic carbocycles. The first-order valence-corrected chi connectivity index (χ1v) is 5.98. The number of Topliss-reactive ketones (excluding diaryl/α,β-unsaturated/α-hetero) is 1. The maximum Gasteiger partial charge on any atom is 0.330 e. The summed E-state index contributed by atoms with van der Waals surface area (Å²) in [6.07, 6.45) is 8.20. The molecule has 0 N–H and O–H groups in total. The topological polar surface area (TPSA) is 43.4 Å². The van der Waals surface area contributed by atoms with Gasteiger partial charge in [-0.15, -0.1) is 0 Å². The van der Waals surface area contributed by atoms with Crippen LogP contribution in [0.3, 0.4) is 0 Å². The van der Waals surface area contributed by atoms with Gasteiger partial charge in [0.15, 0.2) is 0 Å². The van der Waals surface area contributed by atoms with Gasteiger partial charge >= 0.3 is 5.97 Å². The summed E-state index contributed by atoms with van der Waals surface area (Å²) in [4.78, 5) is 22.9. The summed E-state index contributed by atoms with van der Waals surface area (Å²) < 4.78 is 4.82. The van der Waals surface area contributed by atoms with Gasteiger partial charge in [-0.1, -0.05) is 25.3 Å². The highest BCUT2D eigenvalue weighted by Crippen LogP contribution is 2.38. The lowest BCUT2D eigenvalue weighted by Gasteiger charge is -2.31. The molecule has 0 unspecified atom stereocenters. The Kier molecular flexibility index (Phi) is 4.71. The number of esters is 1. The van der Waals surface area contributed by atoms with Crippen LogP contribution in [-0.4, -0.2) is 18.4 Å². The molecule has 3 nitrogen and oxygen atoms in total. The molecule has 1 saturated carbocycles. The van der Waals surface area contributed by atoms with Crippen LogP contribution in [0, 0.1) is 5.41 Å². The molecule has 0 spiro atoms. The SMILES string of the molecule is CCOC(=O)/C=C/C1(C(C)=O)CCCCC1. The van der Waals surface area contributed by atoms with Crippen molar-refractivity contribution in [3.05, 3.63) is 12.2 Å². The van der Waals surface area contributed by atoms with Crippen LogP contribution >= 0.6 is 0 Å². The largest absolute Gasteiger partial charge is 0.463 e. The van der Waals surface area contributed by atoms with Crippen LogP contribution in [0.1, 0.15) is 46.0 Å². The monoisotopic (exact) mass is 224 g/mol. The lowest BCUT2D eigenvalue weighted by Crippen LogP contribution is -2.29. The Morgan fingerprint density at radius 1 is 1.25 bits per heavy atom. The van der Waals surface area contributed by atoms with Crippen molar-refractivity contribution in [3.63, 3.8) is 0 Å². The number of ether oxygens (including phenoxy) is 1. The summed E-state index contributed by atoms with van der Waals surface area (Å²) in [6, 6.07) is 0. The zero-order chi connectivity index (χ0) is 12.0. The van der Waals surface area contributed by atoms with E-state index in [1.54, 1.807) is 19.9 Å². The predicted octanol–water partition coefficient (Wildman–Crippen LogP) is 2.65. The number of carbonyl (C=O) groups excluding carboxylic acids is 2. The van der Waals surface area contributed by atoms with Crippen molar-refractivity contribution in [2.75, 3.05) is 6.61 Å². The molecule has 0 aromatic heterocycles. The summed E-state index contributed by atoms with van der Waals surface area (Å²) in [5.74, 6) is -0.193. The quantitative estimate of drug-likeness (QED) is 0.544. The van der Waals surface area contributed by atoms with Gasteiger partial charge in [0, 0.05) is 11.5 Å². The van der Waals surface area contributed by atoms with Gasteiger partial charge < -0.3 is 4.74 Å². The van der Waals surface area contributed by atoms with Crippen molar-refractivity contribution in [3.8, 4) is 0 Å². The van der Waals surface area contributed by atoms with Gasteiger partial charge in [0.25, 0.3) is 0 Å². The molecule has 3 heteroatoms. The van der Waals surface area contributed by atoms with Gasteiger partial charge in [-0.3, -0.25) is 4.79 Å². The molecule has 0 aliphatic heterocycles. The molecule has 16 heavy (non-hydrogen) atoms. The van der Waals surface area contributed by atoms with Crippen LogP contribution in [0.4, 0.5) is 0 Å². The maximum atomic E-state index is 11.7. The fraction of sp³-hybridized carbons (Fsp3) is 0.692. The van der Waals surface area contributed by atoms with Crippen molar-refractivity contribution >= 4 is 11.8 Å². The Hall–Kier alpha value is -1.12. The van der Waals surface area contributed by atoms with E-state index in [4.69, 9.17) is 4.74 Å². The van der Waals surface area contributed by atoms with Gasteiger partial charge in [0.1, 0.15) is 5.78 Å². The Labute approximate surface area is 96.9 Å². The van der Waals surface area contributed by atoms with Crippen molar-refractivity contribution in [1.29, 1.82) is 0 Å². The third-order valence-corrected chi connectivity index (χ3v) is 3.27. The number of rotatable bonds is 4. The van der Waals surface area contributed by atoms with Crippen molar-refractivity contribution in [2.45, 2.75) is 46.0 Å². The zero-order valence-electron chi connectivity index (χ0n) is 10.1. The number of allylic oxidation sites excluding steroid dienone is 1. The Morgan fingerprint density at radius 2 is 1.88 bits per heavy atom. The van der Waals surface area contributed by atoms with E-state index < -0.39 is 5.41 Å².